The number of phosphoric ester groups is 1. The van der Waals surface area contributed by atoms with Crippen molar-refractivity contribution in [2.24, 2.45) is 0 Å². The third-order valence-corrected chi connectivity index (χ3v) is 20.7. The molecular weight excluding hydrogens is 1370 g/mol. The number of carbonyl (C=O) groups excluding carboxylic acids is 4. The van der Waals surface area contributed by atoms with Crippen LogP contribution in [0.4, 0.5) is 16.2 Å². The van der Waals surface area contributed by atoms with Gasteiger partial charge in [0.05, 0.1) is 31.8 Å². The standard InChI is InChI=1S/C86H127N4O12P.ClH.Na/c1-8-10-12-14-16-18-20-22-24-26-28-30-32-34-41-55-80(92)99-68-72(102-81(93)56-42-35-33-31-29-27-25-23-21-19-17-15-13-11-9-2)69-101-103(95,96)100-65-62-88-84(94)98-67-66-97-64-61-87-79(91)54-40-37-47-63-90-76-60-58-71-49-44-46-51-74(71)83(76)86(5,6)78(90)53-39-36-38-52-77-85(3,4)82-73-50-45-43-48-70(73)57-59-75(82)89(77)7;;/h22-25,36,38-39,43-46,48-53,57-60,72H,8-21,26-35,37,40-42,47,54-56,61-69H2,1-7H3,(H2-,87,88,91,94,95,96);1H;/q;;+1/p-1/b24-22-,25-23-;;/t72-;;/m1../s1. The summed E-state index contributed by atoms with van der Waals surface area (Å²) in [6.07, 6.45) is 50.8. The van der Waals surface area contributed by atoms with E-state index in [0.29, 0.717) is 25.8 Å². The van der Waals surface area contributed by atoms with E-state index >= 15 is 0 Å². The first kappa shape index (κ1) is 92.0. The van der Waals surface area contributed by atoms with Gasteiger partial charge in [0.1, 0.15) is 20.3 Å². The number of alkyl carbamates (subject to hydrolysis) is 1. The van der Waals surface area contributed by atoms with Gasteiger partial charge in [0.15, 0.2) is 11.8 Å². The topological polar surface area (TPSA) is 194 Å². The molecule has 2 aliphatic rings. The van der Waals surface area contributed by atoms with Crippen LogP contribution in [0.3, 0.4) is 0 Å². The van der Waals surface area contributed by atoms with Crippen LogP contribution in [0.25, 0.3) is 21.5 Å². The Morgan fingerprint density at radius 1 is 0.543 bits per heavy atom. The Labute approximate surface area is 659 Å². The summed E-state index contributed by atoms with van der Waals surface area (Å²) in [5.41, 5.74) is 7.23. The van der Waals surface area contributed by atoms with E-state index in [-0.39, 0.29) is 105 Å². The van der Waals surface area contributed by atoms with Gasteiger partial charge in [-0.3, -0.25) is 18.9 Å². The molecule has 2 heterocycles. The number of rotatable bonds is 55. The molecule has 0 aromatic heterocycles. The molecule has 2 amide bonds. The van der Waals surface area contributed by atoms with Gasteiger partial charge in [-0.2, -0.15) is 4.58 Å². The average molecular weight is 1500 g/mol. The van der Waals surface area contributed by atoms with Gasteiger partial charge in [-0.1, -0.05) is 234 Å². The van der Waals surface area contributed by atoms with Crippen molar-refractivity contribution in [1.29, 1.82) is 0 Å². The van der Waals surface area contributed by atoms with Crippen molar-refractivity contribution in [3.63, 3.8) is 0 Å². The fourth-order valence-corrected chi connectivity index (χ4v) is 14.8. The van der Waals surface area contributed by atoms with E-state index in [0.717, 1.165) is 103 Å². The Morgan fingerprint density at radius 3 is 1.68 bits per heavy atom. The van der Waals surface area contributed by atoms with Crippen molar-refractivity contribution < 1.29 is 103 Å². The van der Waals surface area contributed by atoms with E-state index in [9.17, 15) is 28.6 Å². The molecule has 0 bridgehead atoms. The van der Waals surface area contributed by atoms with Crippen molar-refractivity contribution in [3.05, 3.63) is 144 Å². The largest absolute Gasteiger partial charge is 1.00 e. The predicted molar refractivity (Wildman–Crippen MR) is 419 cm³/mol. The quantitative estimate of drug-likeness (QED) is 0.00620. The first-order chi connectivity index (χ1) is 50.0. The fraction of sp³-hybridized carbons (Fsp3) is 0.593. The van der Waals surface area contributed by atoms with Crippen molar-refractivity contribution in [1.82, 2.24) is 10.6 Å². The van der Waals surface area contributed by atoms with Gasteiger partial charge in [-0.25, -0.2) is 4.79 Å². The number of carbonyl (C=O) groups is 4. The minimum absolute atomic E-state index is 0. The predicted octanol–water partition coefficient (Wildman–Crippen LogP) is 14.3. The number of nitrogens with zero attached hydrogens (tertiary/aromatic N) is 2. The maximum atomic E-state index is 13.0. The number of fused-ring (bicyclic) bond motifs is 6. The Kier molecular flexibility index (Phi) is 46.1. The SMILES string of the molecule is CCCCCCCC/C=C\CCCCCCCC(=O)OC[C@H](COP(=O)([O-])OCCNC(=O)OCCOCCNC(=O)CCCCCN1/C(=C/C=C/C=C/C2=[N+](C)c3ccc4ccccc4c3C2(C)C)C(C)(C)c2c1ccc1ccccc21)OC(=O)CCCCCCC/C=C\CCCCCCCC.[Cl-].[Na+]. The van der Waals surface area contributed by atoms with Crippen LogP contribution in [0.1, 0.15) is 258 Å². The number of allylic oxidation sites excluding steroid dienone is 10. The molecule has 2 N–H and O–H groups in total. The number of esters is 2. The second-order valence-electron chi connectivity index (χ2n) is 28.9. The van der Waals surface area contributed by atoms with Gasteiger partial charge in [-0.15, -0.1) is 0 Å². The van der Waals surface area contributed by atoms with Gasteiger partial charge in [0.2, 0.25) is 11.6 Å². The summed E-state index contributed by atoms with van der Waals surface area (Å²) >= 11 is 0. The molecule has 0 saturated heterocycles. The number of unbranched alkanes of at least 4 members (excludes halogenated alkanes) is 24. The van der Waals surface area contributed by atoms with Gasteiger partial charge in [0.25, 0.3) is 7.82 Å². The van der Waals surface area contributed by atoms with E-state index < -0.39 is 45.2 Å². The van der Waals surface area contributed by atoms with Crippen LogP contribution in [0.5, 0.6) is 0 Å². The molecule has 2 atom stereocenters. The Morgan fingerprint density at radius 2 is 1.07 bits per heavy atom. The van der Waals surface area contributed by atoms with Crippen LogP contribution >= 0.6 is 7.82 Å². The molecule has 0 fully saturated rings. The van der Waals surface area contributed by atoms with Crippen molar-refractivity contribution in [2.75, 3.05) is 71.2 Å². The Balaban J connectivity index is 0.0000117. The number of halogens is 1. The van der Waals surface area contributed by atoms with Gasteiger partial charge in [0, 0.05) is 73.4 Å². The number of hydrogen-bond donors (Lipinski definition) is 2. The number of ether oxygens (including phenoxy) is 4. The Bertz CT molecular complexity index is 3460. The first-order valence-electron chi connectivity index (χ1n) is 39.5. The van der Waals surface area contributed by atoms with Crippen LogP contribution in [0.2, 0.25) is 0 Å². The zero-order valence-corrected chi connectivity index (χ0v) is 69.0. The molecule has 0 spiro atoms. The van der Waals surface area contributed by atoms with E-state index in [1.807, 2.05) is 0 Å². The summed E-state index contributed by atoms with van der Waals surface area (Å²) in [5, 5.41) is 10.4. The first-order valence-corrected chi connectivity index (χ1v) is 40.9. The molecule has 0 radical (unpaired) electrons. The van der Waals surface area contributed by atoms with Crippen molar-refractivity contribution in [3.8, 4) is 0 Å². The molecule has 0 saturated carbocycles. The van der Waals surface area contributed by atoms with Crippen LogP contribution in [-0.2, 0) is 57.8 Å². The van der Waals surface area contributed by atoms with E-state index in [1.54, 1.807) is 0 Å². The molecule has 4 aromatic rings. The summed E-state index contributed by atoms with van der Waals surface area (Å²) in [6.45, 7) is 13.4. The number of benzene rings is 4. The average Bonchev–Trinajstić information content (AvgIpc) is 1.59. The molecule has 1 unspecified atom stereocenters. The fourth-order valence-electron chi connectivity index (χ4n) is 14.1. The van der Waals surface area contributed by atoms with Crippen molar-refractivity contribution >= 4 is 70.4 Å². The minimum atomic E-state index is -4.94. The maximum Gasteiger partial charge on any atom is 1.00 e. The van der Waals surface area contributed by atoms with Crippen LogP contribution in [0, 0.1) is 0 Å². The third-order valence-electron chi connectivity index (χ3n) is 19.7. The van der Waals surface area contributed by atoms with Gasteiger partial charge >= 0.3 is 47.6 Å². The number of anilines is 1. The third kappa shape index (κ3) is 33.6. The molecule has 576 valence electrons. The molecule has 105 heavy (non-hydrogen) atoms. The zero-order valence-electron chi connectivity index (χ0n) is 65.3. The molecule has 2 aliphatic heterocycles. The van der Waals surface area contributed by atoms with E-state index in [1.165, 1.54) is 133 Å². The summed E-state index contributed by atoms with van der Waals surface area (Å²) in [4.78, 5) is 66.2. The zero-order chi connectivity index (χ0) is 73.8. The Hall–Kier alpha value is -5.39. The van der Waals surface area contributed by atoms with E-state index in [4.69, 9.17) is 28.0 Å². The molecule has 0 aliphatic carbocycles. The monoisotopic (exact) mass is 1500 g/mol. The second kappa shape index (κ2) is 52.6. The normalized spacial score (nSPS) is 15.0. The summed E-state index contributed by atoms with van der Waals surface area (Å²) in [5.74, 6) is -1.05. The molecule has 6 rings (SSSR count). The molecule has 19 heteroatoms. The van der Waals surface area contributed by atoms with Gasteiger partial charge < -0.3 is 60.8 Å². The van der Waals surface area contributed by atoms with Crippen LogP contribution in [-0.4, -0.2) is 107 Å². The van der Waals surface area contributed by atoms with Gasteiger partial charge in [-0.05, 0) is 136 Å². The van der Waals surface area contributed by atoms with Crippen LogP contribution < -0.4 is 62.4 Å². The molecule has 4 aromatic carbocycles. The number of amides is 2. The summed E-state index contributed by atoms with van der Waals surface area (Å²) in [6, 6.07) is 26.2. The molecule has 16 nitrogen and oxygen atoms in total. The summed E-state index contributed by atoms with van der Waals surface area (Å²) in [7, 11) is -2.78. The number of phosphoric acid groups is 1. The van der Waals surface area contributed by atoms with Crippen molar-refractivity contribution in [2.45, 2.75) is 264 Å². The second-order valence-corrected chi connectivity index (χ2v) is 30.3. The maximum absolute atomic E-state index is 13.0. The van der Waals surface area contributed by atoms with Crippen LogP contribution in [0.15, 0.2) is 133 Å². The minimum Gasteiger partial charge on any atom is -1.00 e. The smallest absolute Gasteiger partial charge is 1.00 e. The number of hydrogen-bond acceptors (Lipinski definition) is 13. The van der Waals surface area contributed by atoms with E-state index in [2.05, 4.69) is 196 Å². The molecular formula is C86H127ClN4NaO12P. The number of nitrogens with one attached hydrogen (secondary N) is 2. The summed E-state index contributed by atoms with van der Waals surface area (Å²) < 4.78 is 47.0.